The van der Waals surface area contributed by atoms with Crippen molar-refractivity contribution in [1.29, 1.82) is 0 Å². The minimum atomic E-state index is 0.0979. The maximum Gasteiger partial charge on any atom is 0.137 e. The molecule has 4 heteroatoms. The number of aromatic nitrogens is 3. The van der Waals surface area contributed by atoms with Gasteiger partial charge in [0.25, 0.3) is 0 Å². The number of nitrogens with zero attached hydrogens (tertiary/aromatic N) is 3. The van der Waals surface area contributed by atoms with Gasteiger partial charge in [-0.1, -0.05) is 20.8 Å². The summed E-state index contributed by atoms with van der Waals surface area (Å²) >= 11 is 0. The average molecular weight is 183 g/mol. The zero-order valence-electron chi connectivity index (χ0n) is 8.44. The van der Waals surface area contributed by atoms with Gasteiger partial charge in [0.15, 0.2) is 0 Å². The summed E-state index contributed by atoms with van der Waals surface area (Å²) in [5.41, 5.74) is 0.0979. The summed E-state index contributed by atoms with van der Waals surface area (Å²) in [6.07, 6.45) is 3.19. The zero-order valence-corrected chi connectivity index (χ0v) is 8.44. The molecule has 0 aliphatic heterocycles. The molecule has 0 bridgehead atoms. The molecule has 1 N–H and O–H groups in total. The second-order valence-corrected chi connectivity index (χ2v) is 4.36. The largest absolute Gasteiger partial charge is 0.396 e. The lowest BCUT2D eigenvalue weighted by Crippen LogP contribution is -2.28. The summed E-state index contributed by atoms with van der Waals surface area (Å²) < 4.78 is 1.76. The van der Waals surface area contributed by atoms with Gasteiger partial charge in [-0.05, 0) is 5.41 Å². The fraction of sp³-hybridized carbons (Fsp3) is 0.778. The Bertz CT molecular complexity index is 238. The first kappa shape index (κ1) is 10.2. The van der Waals surface area contributed by atoms with E-state index in [0.717, 1.165) is 6.54 Å². The second-order valence-electron chi connectivity index (χ2n) is 4.36. The van der Waals surface area contributed by atoms with Gasteiger partial charge in [-0.2, -0.15) is 5.10 Å². The van der Waals surface area contributed by atoms with E-state index in [0.29, 0.717) is 0 Å². The highest BCUT2D eigenvalue weighted by molar-refractivity contribution is 4.73. The Hall–Kier alpha value is -0.900. The Balaban J connectivity index is 2.60. The predicted octanol–water partition coefficient (Wildman–Crippen LogP) is 0.933. The molecule has 0 aromatic carbocycles. The molecule has 74 valence electrons. The molecule has 0 aliphatic rings. The highest BCUT2D eigenvalue weighted by Crippen LogP contribution is 2.26. The molecule has 0 saturated heterocycles. The van der Waals surface area contributed by atoms with Gasteiger partial charge in [0.1, 0.15) is 12.7 Å². The summed E-state index contributed by atoms with van der Waals surface area (Å²) in [6.45, 7) is 7.25. The van der Waals surface area contributed by atoms with Crippen LogP contribution in [0.25, 0.3) is 0 Å². The van der Waals surface area contributed by atoms with Crippen LogP contribution in [-0.2, 0) is 6.54 Å². The molecule has 1 rings (SSSR count). The number of hydrogen-bond donors (Lipinski definition) is 1. The molecule has 0 fully saturated rings. The Morgan fingerprint density at radius 3 is 2.54 bits per heavy atom. The van der Waals surface area contributed by atoms with Gasteiger partial charge in [0.05, 0.1) is 0 Å². The van der Waals surface area contributed by atoms with E-state index in [1.807, 2.05) is 0 Å². The van der Waals surface area contributed by atoms with Crippen LogP contribution in [0.1, 0.15) is 20.8 Å². The lowest BCUT2D eigenvalue weighted by molar-refractivity contribution is 0.112. The number of aliphatic hydroxyl groups is 1. The van der Waals surface area contributed by atoms with Gasteiger partial charge >= 0.3 is 0 Å². The lowest BCUT2D eigenvalue weighted by atomic mass is 9.81. The molecule has 1 atom stereocenters. The second kappa shape index (κ2) is 3.87. The van der Waals surface area contributed by atoms with Crippen LogP contribution in [0.3, 0.4) is 0 Å². The molecular weight excluding hydrogens is 166 g/mol. The topological polar surface area (TPSA) is 50.9 Å². The standard InChI is InChI=1S/C9H17N3O/c1-9(2,3)8(5-13)4-12-7-10-6-11-12/h6-8,13H,4-5H2,1-3H3. The molecule has 0 spiro atoms. The minimum Gasteiger partial charge on any atom is -0.396 e. The van der Waals surface area contributed by atoms with E-state index in [2.05, 4.69) is 30.9 Å². The predicted molar refractivity (Wildman–Crippen MR) is 50.1 cm³/mol. The number of rotatable bonds is 3. The highest BCUT2D eigenvalue weighted by atomic mass is 16.3. The Morgan fingerprint density at radius 2 is 2.15 bits per heavy atom. The molecule has 1 aromatic heterocycles. The Labute approximate surface area is 78.6 Å². The van der Waals surface area contributed by atoms with Crippen LogP contribution in [0.2, 0.25) is 0 Å². The van der Waals surface area contributed by atoms with Gasteiger partial charge in [-0.25, -0.2) is 4.98 Å². The maximum absolute atomic E-state index is 9.20. The molecule has 1 aromatic rings. The maximum atomic E-state index is 9.20. The Kier molecular flexibility index (Phi) is 3.03. The van der Waals surface area contributed by atoms with Crippen molar-refractivity contribution < 1.29 is 5.11 Å². The first-order chi connectivity index (χ1) is 6.04. The Morgan fingerprint density at radius 1 is 1.46 bits per heavy atom. The van der Waals surface area contributed by atoms with Crippen molar-refractivity contribution in [2.75, 3.05) is 6.61 Å². The van der Waals surface area contributed by atoms with Crippen molar-refractivity contribution in [2.24, 2.45) is 11.3 Å². The van der Waals surface area contributed by atoms with Crippen LogP contribution >= 0.6 is 0 Å². The summed E-state index contributed by atoms with van der Waals surface area (Å²) in [7, 11) is 0. The third-order valence-electron chi connectivity index (χ3n) is 2.32. The molecular formula is C9H17N3O. The van der Waals surface area contributed by atoms with Crippen LogP contribution in [0, 0.1) is 11.3 Å². The zero-order chi connectivity index (χ0) is 9.90. The highest BCUT2D eigenvalue weighted by Gasteiger charge is 2.24. The van der Waals surface area contributed by atoms with E-state index in [4.69, 9.17) is 0 Å². The van der Waals surface area contributed by atoms with Crippen LogP contribution in [0.4, 0.5) is 0 Å². The van der Waals surface area contributed by atoms with E-state index in [9.17, 15) is 5.11 Å². The normalized spacial score (nSPS) is 14.5. The molecule has 0 saturated carbocycles. The first-order valence-corrected chi connectivity index (χ1v) is 4.47. The lowest BCUT2D eigenvalue weighted by Gasteiger charge is -2.28. The van der Waals surface area contributed by atoms with Gasteiger partial charge in [0, 0.05) is 19.1 Å². The molecule has 0 amide bonds. The quantitative estimate of drug-likeness (QED) is 0.758. The van der Waals surface area contributed by atoms with E-state index in [1.165, 1.54) is 6.33 Å². The van der Waals surface area contributed by atoms with E-state index < -0.39 is 0 Å². The van der Waals surface area contributed by atoms with Crippen molar-refractivity contribution in [3.8, 4) is 0 Å². The summed E-state index contributed by atoms with van der Waals surface area (Å²) in [5, 5.41) is 13.2. The number of hydrogen-bond acceptors (Lipinski definition) is 3. The minimum absolute atomic E-state index is 0.0979. The van der Waals surface area contributed by atoms with E-state index in [1.54, 1.807) is 11.0 Å². The molecule has 0 radical (unpaired) electrons. The van der Waals surface area contributed by atoms with E-state index >= 15 is 0 Å². The summed E-state index contributed by atoms with van der Waals surface area (Å²) in [6, 6.07) is 0. The number of aliphatic hydroxyl groups excluding tert-OH is 1. The van der Waals surface area contributed by atoms with Crippen molar-refractivity contribution in [1.82, 2.24) is 14.8 Å². The SMILES string of the molecule is CC(C)(C)C(CO)Cn1cncn1. The monoisotopic (exact) mass is 183 g/mol. The molecule has 1 unspecified atom stereocenters. The van der Waals surface area contributed by atoms with Crippen molar-refractivity contribution in [3.63, 3.8) is 0 Å². The first-order valence-electron chi connectivity index (χ1n) is 4.47. The van der Waals surface area contributed by atoms with Gasteiger partial charge < -0.3 is 5.11 Å². The van der Waals surface area contributed by atoms with Gasteiger partial charge in [0.2, 0.25) is 0 Å². The summed E-state index contributed by atoms with van der Waals surface area (Å²) in [4.78, 5) is 3.86. The van der Waals surface area contributed by atoms with Crippen LogP contribution in [-0.4, -0.2) is 26.5 Å². The van der Waals surface area contributed by atoms with Crippen molar-refractivity contribution in [2.45, 2.75) is 27.3 Å². The summed E-state index contributed by atoms with van der Waals surface area (Å²) in [5.74, 6) is 0.217. The molecule has 4 nitrogen and oxygen atoms in total. The third-order valence-corrected chi connectivity index (χ3v) is 2.32. The average Bonchev–Trinajstić information content (AvgIpc) is 2.49. The van der Waals surface area contributed by atoms with Gasteiger partial charge in [-0.15, -0.1) is 0 Å². The van der Waals surface area contributed by atoms with Gasteiger partial charge in [-0.3, -0.25) is 4.68 Å². The van der Waals surface area contributed by atoms with Crippen molar-refractivity contribution in [3.05, 3.63) is 12.7 Å². The van der Waals surface area contributed by atoms with E-state index in [-0.39, 0.29) is 17.9 Å². The fourth-order valence-electron chi connectivity index (χ4n) is 1.16. The van der Waals surface area contributed by atoms with Crippen molar-refractivity contribution >= 4 is 0 Å². The van der Waals surface area contributed by atoms with Crippen LogP contribution in [0.5, 0.6) is 0 Å². The molecule has 0 aliphatic carbocycles. The molecule has 1 heterocycles. The van der Waals surface area contributed by atoms with Crippen LogP contribution in [0.15, 0.2) is 12.7 Å². The fourth-order valence-corrected chi connectivity index (χ4v) is 1.16. The van der Waals surface area contributed by atoms with Crippen LogP contribution < -0.4 is 0 Å². The molecule has 13 heavy (non-hydrogen) atoms. The smallest absolute Gasteiger partial charge is 0.137 e. The third kappa shape index (κ3) is 2.81.